The van der Waals surface area contributed by atoms with E-state index < -0.39 is 0 Å². The average molecular weight is 386 g/mol. The smallest absolute Gasteiger partial charge is 0.194 e. The van der Waals surface area contributed by atoms with Gasteiger partial charge in [-0.1, -0.05) is 19.8 Å². The lowest BCUT2D eigenvalue weighted by Crippen LogP contribution is -2.69. The van der Waals surface area contributed by atoms with Gasteiger partial charge < -0.3 is 19.5 Å². The molecule has 1 aromatic rings. The second kappa shape index (κ2) is 7.36. The number of piperidine rings is 1. The van der Waals surface area contributed by atoms with Gasteiger partial charge in [0.25, 0.3) is 0 Å². The number of rotatable bonds is 3. The molecule has 6 nitrogen and oxygen atoms in total. The quantitative estimate of drug-likeness (QED) is 0.642. The van der Waals surface area contributed by atoms with Gasteiger partial charge in [0.1, 0.15) is 0 Å². The first-order chi connectivity index (χ1) is 13.7. The molecule has 6 heteroatoms. The summed E-state index contributed by atoms with van der Waals surface area (Å²) in [6.45, 7) is 8.38. The fourth-order valence-corrected chi connectivity index (χ4v) is 6.52. The molecule has 28 heavy (non-hydrogen) atoms. The molecule has 3 heterocycles. The Bertz CT molecular complexity index is 696. The maximum absolute atomic E-state index is 6.18. The van der Waals surface area contributed by atoms with Gasteiger partial charge in [-0.3, -0.25) is 4.99 Å². The Morgan fingerprint density at radius 3 is 2.93 bits per heavy atom. The number of nitrogens with one attached hydrogen (secondary N) is 1. The third-order valence-corrected chi connectivity index (χ3v) is 8.00. The minimum atomic E-state index is 0.364. The van der Waals surface area contributed by atoms with Crippen molar-refractivity contribution in [1.29, 1.82) is 0 Å². The van der Waals surface area contributed by atoms with Gasteiger partial charge in [-0.15, -0.1) is 0 Å². The number of nitrogens with zero attached hydrogens (tertiary/aromatic N) is 4. The molecular formula is C22H35N5O. The SMILES string of the molecule is CCN=C(NC1C2CCOC2C12CCCC2)N1CCC(C)C(n2ccnc2)C1. The van der Waals surface area contributed by atoms with E-state index in [1.165, 1.54) is 38.5 Å². The zero-order valence-electron chi connectivity index (χ0n) is 17.4. The molecule has 4 aliphatic rings. The van der Waals surface area contributed by atoms with Crippen LogP contribution < -0.4 is 5.32 Å². The van der Waals surface area contributed by atoms with Gasteiger partial charge in [0.15, 0.2) is 5.96 Å². The van der Waals surface area contributed by atoms with Crippen LogP contribution in [0.2, 0.25) is 0 Å². The number of ether oxygens (including phenoxy) is 1. The molecule has 2 saturated heterocycles. The predicted molar refractivity (Wildman–Crippen MR) is 110 cm³/mol. The molecule has 5 unspecified atom stereocenters. The van der Waals surface area contributed by atoms with Crippen LogP contribution in [0, 0.1) is 17.3 Å². The van der Waals surface area contributed by atoms with Gasteiger partial charge in [-0.05, 0) is 38.5 Å². The van der Waals surface area contributed by atoms with Crippen molar-refractivity contribution in [3.63, 3.8) is 0 Å². The van der Waals surface area contributed by atoms with Crippen molar-refractivity contribution in [1.82, 2.24) is 19.8 Å². The lowest BCUT2D eigenvalue weighted by molar-refractivity contribution is -0.125. The zero-order valence-corrected chi connectivity index (χ0v) is 17.4. The van der Waals surface area contributed by atoms with E-state index >= 15 is 0 Å². The van der Waals surface area contributed by atoms with Crippen LogP contribution in [0.25, 0.3) is 0 Å². The number of hydrogen-bond donors (Lipinski definition) is 1. The van der Waals surface area contributed by atoms with Crippen molar-refractivity contribution in [3.8, 4) is 0 Å². The number of fused-ring (bicyclic) bond motifs is 2. The summed E-state index contributed by atoms with van der Waals surface area (Å²) in [4.78, 5) is 11.7. The van der Waals surface area contributed by atoms with Crippen molar-refractivity contribution in [3.05, 3.63) is 18.7 Å². The summed E-state index contributed by atoms with van der Waals surface area (Å²) in [5.41, 5.74) is 0.364. The van der Waals surface area contributed by atoms with Gasteiger partial charge in [0.2, 0.25) is 0 Å². The molecule has 0 radical (unpaired) electrons. The van der Waals surface area contributed by atoms with Crippen LogP contribution in [0.15, 0.2) is 23.7 Å². The topological polar surface area (TPSA) is 54.7 Å². The van der Waals surface area contributed by atoms with E-state index in [4.69, 9.17) is 9.73 Å². The maximum atomic E-state index is 6.18. The van der Waals surface area contributed by atoms with E-state index in [1.807, 2.05) is 12.5 Å². The summed E-state index contributed by atoms with van der Waals surface area (Å²) in [5, 5.41) is 3.98. The number of guanidine groups is 1. The highest BCUT2D eigenvalue weighted by molar-refractivity contribution is 5.81. The van der Waals surface area contributed by atoms with E-state index in [9.17, 15) is 0 Å². The Kier molecular flexibility index (Phi) is 4.85. The highest BCUT2D eigenvalue weighted by atomic mass is 16.5. The highest BCUT2D eigenvalue weighted by Crippen LogP contribution is 2.60. The van der Waals surface area contributed by atoms with Crippen LogP contribution in [0.4, 0.5) is 0 Å². The van der Waals surface area contributed by atoms with E-state index in [-0.39, 0.29) is 0 Å². The largest absolute Gasteiger partial charge is 0.377 e. The van der Waals surface area contributed by atoms with Gasteiger partial charge >= 0.3 is 0 Å². The summed E-state index contributed by atoms with van der Waals surface area (Å²) in [6.07, 6.45) is 14.2. The second-order valence-electron chi connectivity index (χ2n) is 9.39. The molecule has 0 aromatic carbocycles. The molecule has 154 valence electrons. The van der Waals surface area contributed by atoms with Crippen LogP contribution in [-0.4, -0.2) is 58.8 Å². The third kappa shape index (κ3) is 2.87. The van der Waals surface area contributed by atoms with Crippen LogP contribution in [0.5, 0.6) is 0 Å². The molecule has 0 amide bonds. The first kappa shape index (κ1) is 18.5. The Morgan fingerprint density at radius 2 is 2.18 bits per heavy atom. The fraction of sp³-hybridized carbons (Fsp3) is 0.818. The van der Waals surface area contributed by atoms with Gasteiger partial charge in [-0.25, -0.2) is 4.98 Å². The molecule has 5 atom stereocenters. The monoisotopic (exact) mass is 385 g/mol. The first-order valence-corrected chi connectivity index (χ1v) is 11.4. The molecule has 5 rings (SSSR count). The number of aromatic nitrogens is 2. The van der Waals surface area contributed by atoms with Crippen molar-refractivity contribution in [2.45, 2.75) is 70.6 Å². The highest BCUT2D eigenvalue weighted by Gasteiger charge is 2.65. The van der Waals surface area contributed by atoms with Gasteiger partial charge in [0.05, 0.1) is 18.5 Å². The summed E-state index contributed by atoms with van der Waals surface area (Å²) in [6, 6.07) is 1.00. The summed E-state index contributed by atoms with van der Waals surface area (Å²) >= 11 is 0. The Hall–Kier alpha value is -1.56. The Labute approximate surface area is 168 Å². The molecular weight excluding hydrogens is 350 g/mol. The lowest BCUT2D eigenvalue weighted by Gasteiger charge is -2.57. The van der Waals surface area contributed by atoms with Crippen molar-refractivity contribution >= 4 is 5.96 Å². The minimum absolute atomic E-state index is 0.364. The maximum Gasteiger partial charge on any atom is 0.194 e. The standard InChI is InChI=1S/C22H35N5O/c1-3-24-21(26-11-6-16(2)18(14-26)27-12-10-23-15-27)25-19-17-7-13-28-20(17)22(19)8-4-5-9-22/h10,12,15-20H,3-9,11,13-14H2,1-2H3,(H,24,25). The van der Waals surface area contributed by atoms with E-state index in [1.54, 1.807) is 0 Å². The van der Waals surface area contributed by atoms with Gasteiger partial charge in [0, 0.05) is 56.0 Å². The van der Waals surface area contributed by atoms with E-state index in [0.717, 1.165) is 32.2 Å². The number of likely N-dealkylation sites (tertiary alicyclic amines) is 1. The normalized spacial score (nSPS) is 37.1. The molecule has 2 aliphatic carbocycles. The van der Waals surface area contributed by atoms with Crippen LogP contribution in [0.3, 0.4) is 0 Å². The van der Waals surface area contributed by atoms with Crippen LogP contribution in [0.1, 0.15) is 58.4 Å². The number of imidazole rings is 1. The Balaban J connectivity index is 1.34. The molecule has 2 saturated carbocycles. The van der Waals surface area contributed by atoms with Crippen LogP contribution >= 0.6 is 0 Å². The van der Waals surface area contributed by atoms with Crippen molar-refractivity contribution in [2.24, 2.45) is 22.2 Å². The Morgan fingerprint density at radius 1 is 1.32 bits per heavy atom. The van der Waals surface area contributed by atoms with Crippen molar-refractivity contribution in [2.75, 3.05) is 26.2 Å². The molecule has 1 N–H and O–H groups in total. The fourth-order valence-electron chi connectivity index (χ4n) is 6.52. The summed E-state index contributed by atoms with van der Waals surface area (Å²) in [5.74, 6) is 2.46. The zero-order chi connectivity index (χ0) is 19.1. The molecule has 1 spiro atoms. The molecule has 0 bridgehead atoms. The number of hydrogen-bond acceptors (Lipinski definition) is 3. The van der Waals surface area contributed by atoms with Crippen molar-refractivity contribution < 1.29 is 4.74 Å². The third-order valence-electron chi connectivity index (χ3n) is 8.00. The molecule has 1 aromatic heterocycles. The number of aliphatic imine (C=N–C) groups is 1. The summed E-state index contributed by atoms with van der Waals surface area (Å²) < 4.78 is 8.46. The van der Waals surface area contributed by atoms with Gasteiger partial charge in [-0.2, -0.15) is 0 Å². The second-order valence-corrected chi connectivity index (χ2v) is 9.39. The minimum Gasteiger partial charge on any atom is -0.377 e. The van der Waals surface area contributed by atoms with Crippen LogP contribution in [-0.2, 0) is 4.74 Å². The molecule has 4 fully saturated rings. The first-order valence-electron chi connectivity index (χ1n) is 11.4. The molecule has 2 aliphatic heterocycles. The average Bonchev–Trinajstić information content (AvgIpc) is 3.46. The predicted octanol–water partition coefficient (Wildman–Crippen LogP) is 3.08. The van der Waals surface area contributed by atoms with E-state index in [2.05, 4.69) is 39.8 Å². The summed E-state index contributed by atoms with van der Waals surface area (Å²) in [7, 11) is 0. The lowest BCUT2D eigenvalue weighted by atomic mass is 9.54. The van der Waals surface area contributed by atoms with E-state index in [0.29, 0.717) is 35.4 Å².